The average Bonchev–Trinajstić information content (AvgIpc) is 3.49. The first-order chi connectivity index (χ1) is 19.2. The summed E-state index contributed by atoms with van der Waals surface area (Å²) >= 11 is 0. The Morgan fingerprint density at radius 3 is 2.74 bits per heavy atom. The normalized spacial score (nSPS) is 10.7. The molecule has 3 heterocycles. The van der Waals surface area contributed by atoms with Crippen molar-refractivity contribution in [1.29, 1.82) is 0 Å². The van der Waals surface area contributed by atoms with Gasteiger partial charge in [-0.1, -0.05) is 18.2 Å². The number of unbranched alkanes of at least 4 members (excludes halogenated alkanes) is 1. The lowest BCUT2D eigenvalue weighted by molar-refractivity contribution is 0.102. The second kappa shape index (κ2) is 12.5. The number of hydrogen-bond acceptors (Lipinski definition) is 7. The highest BCUT2D eigenvalue weighted by atomic mass is 16.5. The molecule has 5 rings (SSSR count). The van der Waals surface area contributed by atoms with Gasteiger partial charge in [0.25, 0.3) is 5.91 Å². The molecular weight excluding hydrogens is 490 g/mol. The third-order valence-electron chi connectivity index (χ3n) is 6.11. The molecule has 0 unspecified atom stereocenters. The molecule has 39 heavy (non-hydrogen) atoms. The second-order valence-electron chi connectivity index (χ2n) is 8.97. The molecule has 9 nitrogen and oxygen atoms in total. The van der Waals surface area contributed by atoms with Crippen LogP contribution >= 0.6 is 0 Å². The van der Waals surface area contributed by atoms with Crippen molar-refractivity contribution in [3.05, 3.63) is 109 Å². The van der Waals surface area contributed by atoms with Crippen LogP contribution in [0.3, 0.4) is 0 Å². The summed E-state index contributed by atoms with van der Waals surface area (Å²) in [5.41, 5.74) is 4.57. The van der Waals surface area contributed by atoms with Gasteiger partial charge in [0.15, 0.2) is 0 Å². The average molecular weight is 520 g/mol. The van der Waals surface area contributed by atoms with E-state index in [0.717, 1.165) is 41.9 Å². The molecule has 0 atom stereocenters. The van der Waals surface area contributed by atoms with Gasteiger partial charge in [0.1, 0.15) is 5.75 Å². The van der Waals surface area contributed by atoms with Crippen LogP contribution in [0, 0.1) is 6.92 Å². The fourth-order valence-corrected chi connectivity index (χ4v) is 4.02. The van der Waals surface area contributed by atoms with Crippen LogP contribution in [0.5, 0.6) is 5.75 Å². The molecule has 0 aliphatic heterocycles. The van der Waals surface area contributed by atoms with E-state index in [0.29, 0.717) is 29.6 Å². The monoisotopic (exact) mass is 519 g/mol. The molecular formula is C30H29N7O2. The molecule has 3 aromatic heterocycles. The van der Waals surface area contributed by atoms with Gasteiger partial charge in [0, 0.05) is 54.5 Å². The van der Waals surface area contributed by atoms with Gasteiger partial charge in [-0.15, -0.1) is 0 Å². The summed E-state index contributed by atoms with van der Waals surface area (Å²) < 4.78 is 8.00. The van der Waals surface area contributed by atoms with E-state index in [1.54, 1.807) is 37.2 Å². The zero-order chi connectivity index (χ0) is 26.9. The first-order valence-electron chi connectivity index (χ1n) is 12.8. The van der Waals surface area contributed by atoms with Crippen molar-refractivity contribution < 1.29 is 9.53 Å². The lowest BCUT2D eigenvalue weighted by atomic mass is 10.1. The molecule has 2 N–H and O–H groups in total. The largest absolute Gasteiger partial charge is 0.493 e. The van der Waals surface area contributed by atoms with Gasteiger partial charge in [0.05, 0.1) is 24.2 Å². The van der Waals surface area contributed by atoms with E-state index in [-0.39, 0.29) is 5.91 Å². The molecule has 0 fully saturated rings. The molecule has 0 spiro atoms. The van der Waals surface area contributed by atoms with Crippen LogP contribution in [0.1, 0.15) is 28.8 Å². The molecule has 0 aliphatic rings. The standard InChI is InChI=1S/C30H29N7O2/c1-22-10-11-24(19-27(22)36-30-33-14-12-26(35-30)23-7-6-13-31-20-23)34-29(38)25-8-2-3-9-28(25)39-18-5-4-16-37-17-15-32-21-37/h2-3,6-15,17,19-21H,4-5,16,18H2,1H3,(H,34,38)(H,33,35,36). The summed E-state index contributed by atoms with van der Waals surface area (Å²) in [6, 6.07) is 18.6. The van der Waals surface area contributed by atoms with Crippen molar-refractivity contribution in [3.8, 4) is 17.0 Å². The highest BCUT2D eigenvalue weighted by Gasteiger charge is 2.14. The number of pyridine rings is 1. The van der Waals surface area contributed by atoms with Gasteiger partial charge in [0.2, 0.25) is 5.95 Å². The molecule has 196 valence electrons. The Morgan fingerprint density at radius 1 is 0.974 bits per heavy atom. The minimum absolute atomic E-state index is 0.242. The number of anilines is 3. The zero-order valence-corrected chi connectivity index (χ0v) is 21.6. The van der Waals surface area contributed by atoms with E-state index in [1.807, 2.05) is 72.3 Å². The predicted octanol–water partition coefficient (Wildman–Crippen LogP) is 5.90. The summed E-state index contributed by atoms with van der Waals surface area (Å²) in [5, 5.41) is 6.26. The zero-order valence-electron chi connectivity index (χ0n) is 21.6. The molecule has 0 aliphatic carbocycles. The van der Waals surface area contributed by atoms with Crippen molar-refractivity contribution in [3.63, 3.8) is 0 Å². The van der Waals surface area contributed by atoms with E-state index < -0.39 is 0 Å². The molecule has 5 aromatic rings. The Morgan fingerprint density at radius 2 is 1.90 bits per heavy atom. The van der Waals surface area contributed by atoms with Gasteiger partial charge in [-0.25, -0.2) is 15.0 Å². The van der Waals surface area contributed by atoms with Crippen LogP contribution in [-0.2, 0) is 6.54 Å². The first-order valence-corrected chi connectivity index (χ1v) is 12.8. The number of nitrogens with one attached hydrogen (secondary N) is 2. The van der Waals surface area contributed by atoms with E-state index in [2.05, 4.69) is 30.6 Å². The molecule has 9 heteroatoms. The number of rotatable bonds is 11. The molecule has 0 bridgehead atoms. The summed E-state index contributed by atoms with van der Waals surface area (Å²) in [6.45, 7) is 3.39. The number of imidazole rings is 1. The maximum Gasteiger partial charge on any atom is 0.259 e. The highest BCUT2D eigenvalue weighted by Crippen LogP contribution is 2.26. The van der Waals surface area contributed by atoms with Crippen LogP contribution in [0.25, 0.3) is 11.3 Å². The first kappa shape index (κ1) is 25.6. The number of aryl methyl sites for hydroxylation is 2. The lowest BCUT2D eigenvalue weighted by Gasteiger charge is -2.14. The molecule has 0 radical (unpaired) electrons. The summed E-state index contributed by atoms with van der Waals surface area (Å²) in [5.74, 6) is 0.770. The van der Waals surface area contributed by atoms with Crippen LogP contribution in [0.2, 0.25) is 0 Å². The van der Waals surface area contributed by atoms with Crippen molar-refractivity contribution in [1.82, 2.24) is 24.5 Å². The third-order valence-corrected chi connectivity index (χ3v) is 6.11. The number of ether oxygens (including phenoxy) is 1. The van der Waals surface area contributed by atoms with Gasteiger partial charge in [-0.3, -0.25) is 9.78 Å². The predicted molar refractivity (Wildman–Crippen MR) is 151 cm³/mol. The number of para-hydroxylation sites is 1. The Labute approximate surface area is 227 Å². The number of nitrogens with zero attached hydrogens (tertiary/aromatic N) is 5. The Hall–Kier alpha value is -5.05. The van der Waals surface area contributed by atoms with Gasteiger partial charge in [-0.05, 0) is 67.8 Å². The van der Waals surface area contributed by atoms with Gasteiger partial charge in [-0.2, -0.15) is 0 Å². The smallest absolute Gasteiger partial charge is 0.259 e. The highest BCUT2D eigenvalue weighted by molar-refractivity contribution is 6.06. The van der Waals surface area contributed by atoms with Crippen molar-refractivity contribution in [2.24, 2.45) is 0 Å². The molecule has 1 amide bonds. The lowest BCUT2D eigenvalue weighted by Crippen LogP contribution is -2.14. The van der Waals surface area contributed by atoms with E-state index in [4.69, 9.17) is 4.74 Å². The van der Waals surface area contributed by atoms with Crippen LogP contribution in [0.15, 0.2) is 98.0 Å². The summed E-state index contributed by atoms with van der Waals surface area (Å²) in [7, 11) is 0. The van der Waals surface area contributed by atoms with Gasteiger partial charge >= 0.3 is 0 Å². The van der Waals surface area contributed by atoms with Crippen molar-refractivity contribution in [2.75, 3.05) is 17.2 Å². The van der Waals surface area contributed by atoms with Gasteiger partial charge < -0.3 is 19.9 Å². The summed E-state index contributed by atoms with van der Waals surface area (Å²) in [6.07, 6.45) is 12.5. The minimum Gasteiger partial charge on any atom is -0.493 e. The van der Waals surface area contributed by atoms with Crippen molar-refractivity contribution in [2.45, 2.75) is 26.3 Å². The Bertz CT molecular complexity index is 1520. The van der Waals surface area contributed by atoms with E-state index >= 15 is 0 Å². The van der Waals surface area contributed by atoms with Crippen LogP contribution in [-0.4, -0.2) is 37.0 Å². The second-order valence-corrected chi connectivity index (χ2v) is 8.97. The molecule has 0 saturated heterocycles. The number of amides is 1. The Balaban J connectivity index is 1.23. The van der Waals surface area contributed by atoms with E-state index in [9.17, 15) is 4.79 Å². The number of benzene rings is 2. The number of aromatic nitrogens is 5. The maximum absolute atomic E-state index is 13.2. The fourth-order valence-electron chi connectivity index (χ4n) is 4.02. The van der Waals surface area contributed by atoms with Crippen LogP contribution in [0.4, 0.5) is 17.3 Å². The van der Waals surface area contributed by atoms with Crippen LogP contribution < -0.4 is 15.4 Å². The number of carbonyl (C=O) groups is 1. The number of hydrogen-bond donors (Lipinski definition) is 2. The molecule has 2 aromatic carbocycles. The topological polar surface area (TPSA) is 107 Å². The maximum atomic E-state index is 13.2. The Kier molecular flexibility index (Phi) is 8.18. The minimum atomic E-state index is -0.242. The molecule has 0 saturated carbocycles. The SMILES string of the molecule is Cc1ccc(NC(=O)c2ccccc2OCCCCn2ccnc2)cc1Nc1nccc(-c2cccnc2)n1. The van der Waals surface area contributed by atoms with Crippen molar-refractivity contribution >= 4 is 23.2 Å². The van der Waals surface area contributed by atoms with E-state index in [1.165, 1.54) is 0 Å². The fraction of sp³-hybridized carbons (Fsp3) is 0.167. The number of carbonyl (C=O) groups excluding carboxylic acids is 1. The summed E-state index contributed by atoms with van der Waals surface area (Å²) in [4.78, 5) is 30.4. The third kappa shape index (κ3) is 6.84. The quantitative estimate of drug-likeness (QED) is 0.209.